The van der Waals surface area contributed by atoms with E-state index in [1.54, 1.807) is 50.7 Å². The Labute approximate surface area is 130 Å². The molecule has 1 aromatic carbocycles. The average molecular weight is 352 g/mol. The quantitative estimate of drug-likeness (QED) is 0.883. The van der Waals surface area contributed by atoms with E-state index in [2.05, 4.69) is 31.5 Å². The van der Waals surface area contributed by atoms with E-state index < -0.39 is 6.03 Å². The van der Waals surface area contributed by atoms with E-state index in [9.17, 15) is 4.79 Å². The molecular formula is C14H14BrN3O3. The van der Waals surface area contributed by atoms with Crippen molar-refractivity contribution in [3.8, 4) is 11.5 Å². The minimum Gasteiger partial charge on any atom is -0.497 e. The number of rotatable bonds is 4. The maximum Gasteiger partial charge on any atom is 0.324 e. The van der Waals surface area contributed by atoms with Crippen LogP contribution in [0.2, 0.25) is 0 Å². The summed E-state index contributed by atoms with van der Waals surface area (Å²) in [5.41, 5.74) is 0.556. The van der Waals surface area contributed by atoms with E-state index >= 15 is 0 Å². The molecule has 1 aromatic heterocycles. The van der Waals surface area contributed by atoms with Crippen LogP contribution in [0.15, 0.2) is 41.0 Å². The number of anilines is 2. The number of methoxy groups -OCH3 is 2. The van der Waals surface area contributed by atoms with Gasteiger partial charge in [-0.3, -0.25) is 5.32 Å². The standard InChI is InChI=1S/C14H14BrN3O3/c1-20-11-5-10(6-12(7-11)21-2)17-14(19)18-13-4-3-9(15)8-16-13/h3-8H,1-2H3,(H2,16,17,18,19). The number of nitrogens with one attached hydrogen (secondary N) is 2. The van der Waals surface area contributed by atoms with Crippen LogP contribution in [-0.4, -0.2) is 25.2 Å². The highest BCUT2D eigenvalue weighted by molar-refractivity contribution is 9.10. The number of ether oxygens (including phenoxy) is 2. The van der Waals surface area contributed by atoms with Gasteiger partial charge < -0.3 is 14.8 Å². The van der Waals surface area contributed by atoms with Crippen LogP contribution >= 0.6 is 15.9 Å². The number of urea groups is 1. The smallest absolute Gasteiger partial charge is 0.324 e. The lowest BCUT2D eigenvalue weighted by atomic mass is 10.3. The first-order valence-electron chi connectivity index (χ1n) is 6.03. The number of carbonyl (C=O) groups excluding carboxylic acids is 1. The molecule has 0 bridgehead atoms. The Morgan fingerprint density at radius 2 is 1.76 bits per heavy atom. The van der Waals surface area contributed by atoms with Crippen LogP contribution in [0.5, 0.6) is 11.5 Å². The highest BCUT2D eigenvalue weighted by atomic mass is 79.9. The SMILES string of the molecule is COc1cc(NC(=O)Nc2ccc(Br)cn2)cc(OC)c1. The highest BCUT2D eigenvalue weighted by Gasteiger charge is 2.07. The minimum atomic E-state index is -0.403. The van der Waals surface area contributed by atoms with E-state index in [0.717, 1.165) is 4.47 Å². The van der Waals surface area contributed by atoms with Gasteiger partial charge in [-0.25, -0.2) is 9.78 Å². The number of carbonyl (C=O) groups is 1. The minimum absolute atomic E-state index is 0.403. The van der Waals surface area contributed by atoms with E-state index in [1.807, 2.05) is 0 Å². The largest absolute Gasteiger partial charge is 0.497 e. The summed E-state index contributed by atoms with van der Waals surface area (Å²) in [6.45, 7) is 0. The summed E-state index contributed by atoms with van der Waals surface area (Å²) in [5.74, 6) is 1.63. The predicted molar refractivity (Wildman–Crippen MR) is 84.1 cm³/mol. The Morgan fingerprint density at radius 1 is 1.10 bits per heavy atom. The van der Waals surface area contributed by atoms with Gasteiger partial charge in [0.25, 0.3) is 0 Å². The fourth-order valence-corrected chi connectivity index (χ4v) is 1.84. The van der Waals surface area contributed by atoms with Gasteiger partial charge in [0.2, 0.25) is 0 Å². The number of halogens is 1. The molecule has 7 heteroatoms. The van der Waals surface area contributed by atoms with Gasteiger partial charge in [-0.1, -0.05) is 0 Å². The second-order valence-corrected chi connectivity index (χ2v) is 4.96. The molecule has 0 unspecified atom stereocenters. The molecule has 0 aliphatic carbocycles. The van der Waals surface area contributed by atoms with Gasteiger partial charge in [-0.2, -0.15) is 0 Å². The Bertz CT molecular complexity index is 610. The van der Waals surface area contributed by atoms with Crippen LogP contribution in [-0.2, 0) is 0 Å². The molecule has 0 aliphatic heterocycles. The molecule has 0 radical (unpaired) electrons. The molecule has 0 saturated heterocycles. The third kappa shape index (κ3) is 4.35. The molecule has 0 saturated carbocycles. The number of hydrogen-bond donors (Lipinski definition) is 2. The van der Waals surface area contributed by atoms with Gasteiger partial charge in [0, 0.05) is 34.6 Å². The highest BCUT2D eigenvalue weighted by Crippen LogP contribution is 2.25. The Balaban J connectivity index is 2.06. The zero-order valence-electron chi connectivity index (χ0n) is 11.5. The number of pyridine rings is 1. The maximum atomic E-state index is 11.9. The van der Waals surface area contributed by atoms with Crippen molar-refractivity contribution < 1.29 is 14.3 Å². The molecule has 110 valence electrons. The molecule has 2 N–H and O–H groups in total. The monoisotopic (exact) mass is 351 g/mol. The van der Waals surface area contributed by atoms with Crippen LogP contribution in [0.4, 0.5) is 16.3 Å². The predicted octanol–water partition coefficient (Wildman–Crippen LogP) is 3.51. The van der Waals surface area contributed by atoms with Gasteiger partial charge in [-0.05, 0) is 28.1 Å². The number of aromatic nitrogens is 1. The van der Waals surface area contributed by atoms with Gasteiger partial charge in [-0.15, -0.1) is 0 Å². The van der Waals surface area contributed by atoms with E-state index in [1.165, 1.54) is 0 Å². The molecule has 6 nitrogen and oxygen atoms in total. The van der Waals surface area contributed by atoms with Crippen molar-refractivity contribution in [1.82, 2.24) is 4.98 Å². The van der Waals surface area contributed by atoms with Crippen molar-refractivity contribution in [1.29, 1.82) is 0 Å². The average Bonchev–Trinajstić information content (AvgIpc) is 2.49. The van der Waals surface area contributed by atoms with Crippen LogP contribution in [0.25, 0.3) is 0 Å². The lowest BCUT2D eigenvalue weighted by Crippen LogP contribution is -2.20. The normalized spacial score (nSPS) is 9.86. The number of benzene rings is 1. The fourth-order valence-electron chi connectivity index (χ4n) is 1.61. The van der Waals surface area contributed by atoms with Crippen LogP contribution in [0.1, 0.15) is 0 Å². The van der Waals surface area contributed by atoms with Crippen molar-refractivity contribution in [2.24, 2.45) is 0 Å². The van der Waals surface area contributed by atoms with Gasteiger partial charge in [0.15, 0.2) is 0 Å². The topological polar surface area (TPSA) is 72.5 Å². The zero-order valence-corrected chi connectivity index (χ0v) is 13.1. The summed E-state index contributed by atoms with van der Waals surface area (Å²) in [7, 11) is 3.09. The second-order valence-electron chi connectivity index (χ2n) is 4.04. The van der Waals surface area contributed by atoms with E-state index in [4.69, 9.17) is 9.47 Å². The number of hydrogen-bond acceptors (Lipinski definition) is 4. The van der Waals surface area contributed by atoms with Gasteiger partial charge in [0.1, 0.15) is 17.3 Å². The first-order chi connectivity index (χ1) is 10.1. The van der Waals surface area contributed by atoms with Crippen LogP contribution < -0.4 is 20.1 Å². The summed E-state index contributed by atoms with van der Waals surface area (Å²) in [5, 5.41) is 5.32. The number of amides is 2. The Kier molecular flexibility index (Phi) is 4.99. The third-order valence-electron chi connectivity index (χ3n) is 2.58. The van der Waals surface area contributed by atoms with E-state index in [0.29, 0.717) is 23.0 Å². The molecule has 0 spiro atoms. The summed E-state index contributed by atoms with van der Waals surface area (Å²) in [6, 6.07) is 8.18. The van der Waals surface area contributed by atoms with Crippen molar-refractivity contribution in [2.75, 3.05) is 24.9 Å². The van der Waals surface area contributed by atoms with Gasteiger partial charge >= 0.3 is 6.03 Å². The van der Waals surface area contributed by atoms with Crippen molar-refractivity contribution in [3.63, 3.8) is 0 Å². The molecule has 0 aliphatic rings. The lowest BCUT2D eigenvalue weighted by molar-refractivity contribution is 0.262. The first-order valence-corrected chi connectivity index (χ1v) is 6.82. The summed E-state index contributed by atoms with van der Waals surface area (Å²) >= 11 is 3.28. The fraction of sp³-hybridized carbons (Fsp3) is 0.143. The molecule has 0 atom stereocenters. The Hall–Kier alpha value is -2.28. The third-order valence-corrected chi connectivity index (χ3v) is 3.05. The Morgan fingerprint density at radius 3 is 2.29 bits per heavy atom. The first kappa shape index (κ1) is 15.1. The van der Waals surface area contributed by atoms with Crippen molar-refractivity contribution >= 4 is 33.5 Å². The maximum absolute atomic E-state index is 11.9. The molecule has 2 amide bonds. The molecule has 21 heavy (non-hydrogen) atoms. The van der Waals surface area contributed by atoms with Crippen molar-refractivity contribution in [2.45, 2.75) is 0 Å². The number of nitrogens with zero attached hydrogens (tertiary/aromatic N) is 1. The molecule has 2 aromatic rings. The lowest BCUT2D eigenvalue weighted by Gasteiger charge is -2.10. The molecule has 1 heterocycles. The second kappa shape index (κ2) is 6.94. The van der Waals surface area contributed by atoms with Crippen LogP contribution in [0, 0.1) is 0 Å². The van der Waals surface area contributed by atoms with Gasteiger partial charge in [0.05, 0.1) is 14.2 Å². The molecule has 2 rings (SSSR count). The van der Waals surface area contributed by atoms with E-state index in [-0.39, 0.29) is 0 Å². The molecular weight excluding hydrogens is 338 g/mol. The summed E-state index contributed by atoms with van der Waals surface area (Å²) in [6.07, 6.45) is 1.60. The molecule has 0 fully saturated rings. The van der Waals surface area contributed by atoms with Crippen LogP contribution in [0.3, 0.4) is 0 Å². The summed E-state index contributed by atoms with van der Waals surface area (Å²) < 4.78 is 11.1. The van der Waals surface area contributed by atoms with Crippen molar-refractivity contribution in [3.05, 3.63) is 41.0 Å². The zero-order chi connectivity index (χ0) is 15.2. The summed E-state index contributed by atoms with van der Waals surface area (Å²) in [4.78, 5) is 16.0.